The number of anilines is 5. The Labute approximate surface area is 249 Å². The van der Waals surface area contributed by atoms with Crippen LogP contribution in [0.2, 0.25) is 0 Å². The van der Waals surface area contributed by atoms with Gasteiger partial charge < -0.3 is 18.5 Å². The Bertz CT molecular complexity index is 2080. The number of nitrogens with zero attached hydrogens (tertiary/aromatic N) is 7. The van der Waals surface area contributed by atoms with Gasteiger partial charge in [-0.05, 0) is 36.4 Å². The van der Waals surface area contributed by atoms with E-state index in [9.17, 15) is 0 Å². The van der Waals surface area contributed by atoms with Crippen LogP contribution in [0.1, 0.15) is 0 Å². The van der Waals surface area contributed by atoms with Crippen LogP contribution >= 0.6 is 0 Å². The average Bonchev–Trinajstić information content (AvgIpc) is 3.68. The molecule has 0 spiro atoms. The number of aryl methyl sites for hydroxylation is 2. The standard InChI is InChI=1S/C32H25N7O.Rh/c1-36-16-14-20-21(18-37(2)32(20)36)24-10-8-13-29(34-24)39-26-12-5-4-11-25(26)38(3)27-17-28-30(35-31(27)39)22(19-40-28)23-9-6-7-15-33-23;/h4-19H,1-3H3;. The number of rotatable bonds is 3. The van der Waals surface area contributed by atoms with Crippen molar-refractivity contribution in [1.82, 2.24) is 19.5 Å². The maximum atomic E-state index is 6.00. The monoisotopic (exact) mass is 626 g/mol. The van der Waals surface area contributed by atoms with E-state index in [0.29, 0.717) is 5.58 Å². The molecule has 0 saturated heterocycles. The smallest absolute Gasteiger partial charge is 0.178 e. The van der Waals surface area contributed by atoms with Gasteiger partial charge in [0.1, 0.15) is 17.6 Å². The second-order valence-corrected chi connectivity index (χ2v) is 10.1. The van der Waals surface area contributed by atoms with Crippen molar-refractivity contribution in [2.45, 2.75) is 0 Å². The Morgan fingerprint density at radius 2 is 1.66 bits per heavy atom. The van der Waals surface area contributed by atoms with E-state index in [2.05, 4.69) is 106 Å². The Kier molecular flexibility index (Phi) is 5.80. The third kappa shape index (κ3) is 3.73. The summed E-state index contributed by atoms with van der Waals surface area (Å²) >= 11 is 0. The molecule has 0 aliphatic carbocycles. The quantitative estimate of drug-likeness (QED) is 0.126. The summed E-state index contributed by atoms with van der Waals surface area (Å²) in [5.41, 5.74) is 9.32. The van der Waals surface area contributed by atoms with Gasteiger partial charge in [-0.25, -0.2) is 9.97 Å². The van der Waals surface area contributed by atoms with E-state index in [1.54, 1.807) is 12.5 Å². The number of hydrogen-bond acceptors (Lipinski definition) is 6. The SMILES string of the molecule is CN1c2ccccc2N(c2cccc(-c3cn(C)c4c3[cH-]c[n+]4C)n2)c2nc3c(-c4ccccn4)coc3cc21.[Rh]. The summed E-state index contributed by atoms with van der Waals surface area (Å²) in [6.45, 7) is 0. The summed E-state index contributed by atoms with van der Waals surface area (Å²) in [7, 11) is 6.20. The molecule has 203 valence electrons. The van der Waals surface area contributed by atoms with Gasteiger partial charge in [0.15, 0.2) is 17.0 Å². The van der Waals surface area contributed by atoms with E-state index < -0.39 is 0 Å². The van der Waals surface area contributed by atoms with Crippen molar-refractivity contribution >= 4 is 50.8 Å². The third-order valence-corrected chi connectivity index (χ3v) is 7.73. The molecule has 41 heavy (non-hydrogen) atoms. The molecule has 0 bridgehead atoms. The van der Waals surface area contributed by atoms with Crippen molar-refractivity contribution < 1.29 is 28.5 Å². The fourth-order valence-corrected chi connectivity index (χ4v) is 5.86. The minimum atomic E-state index is 0. The van der Waals surface area contributed by atoms with Crippen LogP contribution in [0.3, 0.4) is 0 Å². The van der Waals surface area contributed by atoms with Gasteiger partial charge in [0.25, 0.3) is 0 Å². The van der Waals surface area contributed by atoms with Crippen LogP contribution in [0.4, 0.5) is 28.7 Å². The van der Waals surface area contributed by atoms with Crippen molar-refractivity contribution in [2.24, 2.45) is 14.1 Å². The molecule has 7 aromatic rings. The van der Waals surface area contributed by atoms with Crippen molar-refractivity contribution in [3.05, 3.63) is 97.7 Å². The number of para-hydroxylation sites is 2. The first-order valence-corrected chi connectivity index (χ1v) is 13.1. The molecular formula is C32H25N7ORh. The van der Waals surface area contributed by atoms with Gasteiger partial charge in [0, 0.05) is 56.9 Å². The summed E-state index contributed by atoms with van der Waals surface area (Å²) in [4.78, 5) is 19.3. The fourth-order valence-electron chi connectivity index (χ4n) is 5.86. The molecule has 0 amide bonds. The van der Waals surface area contributed by atoms with Gasteiger partial charge in [-0.1, -0.05) is 35.2 Å². The molecule has 8 nitrogen and oxygen atoms in total. The second-order valence-electron chi connectivity index (χ2n) is 10.1. The zero-order valence-corrected chi connectivity index (χ0v) is 24.2. The second kappa shape index (κ2) is 9.42. The molecule has 8 rings (SSSR count). The van der Waals surface area contributed by atoms with E-state index in [1.807, 2.05) is 24.3 Å². The van der Waals surface area contributed by atoms with Gasteiger partial charge in [-0.2, -0.15) is 0 Å². The summed E-state index contributed by atoms with van der Waals surface area (Å²) in [5, 5.41) is 1.17. The van der Waals surface area contributed by atoms with E-state index in [1.165, 1.54) is 5.39 Å². The topological polar surface area (TPSA) is 67.1 Å². The first kappa shape index (κ1) is 25.2. The Morgan fingerprint density at radius 1 is 0.854 bits per heavy atom. The van der Waals surface area contributed by atoms with E-state index in [-0.39, 0.29) is 19.5 Å². The van der Waals surface area contributed by atoms with Crippen LogP contribution in [-0.2, 0) is 33.6 Å². The minimum Gasteiger partial charge on any atom is -0.462 e. The summed E-state index contributed by atoms with van der Waals surface area (Å²) in [6, 6.07) is 24.6. The average molecular weight is 627 g/mol. The molecule has 7 heterocycles. The predicted octanol–water partition coefficient (Wildman–Crippen LogP) is 6.54. The van der Waals surface area contributed by atoms with E-state index in [0.717, 1.165) is 62.4 Å². The third-order valence-electron chi connectivity index (χ3n) is 7.73. The molecule has 1 radical (unpaired) electrons. The van der Waals surface area contributed by atoms with E-state index >= 15 is 0 Å². The van der Waals surface area contributed by atoms with Crippen LogP contribution in [0.5, 0.6) is 0 Å². The Balaban J connectivity index is 0.00000276. The fraction of sp³-hybridized carbons (Fsp3) is 0.0938. The first-order chi connectivity index (χ1) is 19.6. The molecular weight excluding hydrogens is 601 g/mol. The van der Waals surface area contributed by atoms with Crippen LogP contribution in [-0.4, -0.2) is 26.6 Å². The summed E-state index contributed by atoms with van der Waals surface area (Å²) in [6.07, 6.45) is 7.76. The van der Waals surface area contributed by atoms with Crippen LogP contribution < -0.4 is 14.4 Å². The van der Waals surface area contributed by atoms with Gasteiger partial charge >= 0.3 is 0 Å². The minimum absolute atomic E-state index is 0. The first-order valence-electron chi connectivity index (χ1n) is 13.1. The van der Waals surface area contributed by atoms with Crippen molar-refractivity contribution in [2.75, 3.05) is 16.8 Å². The number of hydrogen-bond donors (Lipinski definition) is 0. The normalized spacial score (nSPS) is 12.5. The summed E-state index contributed by atoms with van der Waals surface area (Å²) < 4.78 is 10.3. The van der Waals surface area contributed by atoms with Gasteiger partial charge in [-0.3, -0.25) is 9.88 Å². The molecule has 1 aliphatic rings. The van der Waals surface area contributed by atoms with Crippen molar-refractivity contribution in [1.29, 1.82) is 0 Å². The number of aromatic nitrogens is 5. The molecule has 6 aromatic heterocycles. The maximum absolute atomic E-state index is 6.00. The zero-order chi connectivity index (χ0) is 27.0. The predicted molar refractivity (Wildman–Crippen MR) is 156 cm³/mol. The van der Waals surface area contributed by atoms with Crippen molar-refractivity contribution in [3.63, 3.8) is 0 Å². The molecule has 0 saturated carbocycles. The number of benzene rings is 1. The molecule has 0 unspecified atom stereocenters. The van der Waals surface area contributed by atoms with Crippen LogP contribution in [0.15, 0.2) is 102 Å². The molecule has 0 atom stereocenters. The van der Waals surface area contributed by atoms with Gasteiger partial charge in [0.05, 0.1) is 42.4 Å². The number of pyridine rings is 3. The van der Waals surface area contributed by atoms with Crippen LogP contribution in [0.25, 0.3) is 44.6 Å². The van der Waals surface area contributed by atoms with Crippen LogP contribution in [0, 0.1) is 0 Å². The Hall–Kier alpha value is -4.75. The van der Waals surface area contributed by atoms with Gasteiger partial charge in [-0.15, -0.1) is 6.07 Å². The maximum Gasteiger partial charge on any atom is 0.178 e. The largest absolute Gasteiger partial charge is 0.462 e. The van der Waals surface area contributed by atoms with E-state index in [4.69, 9.17) is 14.4 Å². The van der Waals surface area contributed by atoms with Crippen molar-refractivity contribution in [3.8, 4) is 22.5 Å². The summed E-state index contributed by atoms with van der Waals surface area (Å²) in [5.74, 6) is 1.58. The number of fused-ring (bicyclic) bond motifs is 4. The Morgan fingerprint density at radius 3 is 2.49 bits per heavy atom. The molecule has 1 aromatic carbocycles. The number of furan rings is 1. The molecule has 9 heteroatoms. The molecule has 1 aliphatic heterocycles. The van der Waals surface area contributed by atoms with Gasteiger partial charge in [0.2, 0.25) is 0 Å². The zero-order valence-electron chi connectivity index (χ0n) is 22.6. The molecule has 0 fully saturated rings. The molecule has 0 N–H and O–H groups in total.